The number of hydrogen-bond acceptors (Lipinski definition) is 6. The zero-order chi connectivity index (χ0) is 26.8. The highest BCUT2D eigenvalue weighted by atomic mass is 35.5. The lowest BCUT2D eigenvalue weighted by Crippen LogP contribution is -2.30. The Kier molecular flexibility index (Phi) is 8.38. The van der Waals surface area contributed by atoms with E-state index in [-0.39, 0.29) is 29.6 Å². The second kappa shape index (κ2) is 12.1. The Bertz CT molecular complexity index is 1560. The molecular formula is C31H33ClN4O4. The molecule has 8 nitrogen and oxygen atoms in total. The number of phenols is 1. The van der Waals surface area contributed by atoms with Gasteiger partial charge >= 0.3 is 0 Å². The smallest absolute Gasteiger partial charge is 0.262 e. The van der Waals surface area contributed by atoms with Gasteiger partial charge in [0, 0.05) is 18.5 Å². The van der Waals surface area contributed by atoms with Gasteiger partial charge in [-0.05, 0) is 79.5 Å². The van der Waals surface area contributed by atoms with Crippen molar-refractivity contribution in [1.29, 1.82) is 0 Å². The minimum Gasteiger partial charge on any atom is -0.507 e. The number of hydrogen-bond donors (Lipinski definition) is 4. The Morgan fingerprint density at radius 3 is 2.65 bits per heavy atom. The molecule has 1 amide bonds. The molecule has 0 spiro atoms. The predicted octanol–water partition coefficient (Wildman–Crippen LogP) is 4.90. The van der Waals surface area contributed by atoms with Crippen LogP contribution < -0.4 is 20.9 Å². The molecule has 1 saturated heterocycles. The number of ether oxygens (including phenoxy) is 1. The van der Waals surface area contributed by atoms with E-state index in [1.165, 1.54) is 0 Å². The first-order valence-electron chi connectivity index (χ1n) is 13.6. The van der Waals surface area contributed by atoms with Crippen LogP contribution in [0.2, 0.25) is 0 Å². The number of nitrogens with one attached hydrogen (secondary N) is 3. The fourth-order valence-electron chi connectivity index (χ4n) is 5.22. The maximum absolute atomic E-state index is 13.1. The Labute approximate surface area is 238 Å². The Morgan fingerprint density at radius 1 is 1.07 bits per heavy atom. The van der Waals surface area contributed by atoms with Crippen molar-refractivity contribution in [1.82, 2.24) is 20.6 Å². The quantitative estimate of drug-likeness (QED) is 0.243. The number of H-pyrrole nitrogens is 1. The molecule has 40 heavy (non-hydrogen) atoms. The molecule has 2 fully saturated rings. The number of carbonyl (C=O) groups excluding carboxylic acids is 1. The lowest BCUT2D eigenvalue weighted by Gasteiger charge is -2.25. The summed E-state index contributed by atoms with van der Waals surface area (Å²) in [6, 6.07) is 18.4. The van der Waals surface area contributed by atoms with Crippen LogP contribution in [0.5, 0.6) is 11.5 Å². The van der Waals surface area contributed by atoms with E-state index in [4.69, 9.17) is 9.72 Å². The fraction of sp³-hybridized carbons (Fsp3) is 0.323. The third-order valence-corrected chi connectivity index (χ3v) is 7.56. The van der Waals surface area contributed by atoms with E-state index in [2.05, 4.69) is 15.6 Å². The number of pyridine rings is 2. The van der Waals surface area contributed by atoms with Gasteiger partial charge in [-0.25, -0.2) is 4.98 Å². The summed E-state index contributed by atoms with van der Waals surface area (Å²) in [5.41, 5.74) is 2.90. The van der Waals surface area contributed by atoms with Gasteiger partial charge in [-0.1, -0.05) is 36.4 Å². The third-order valence-electron chi connectivity index (χ3n) is 7.56. The van der Waals surface area contributed by atoms with Crippen molar-refractivity contribution in [3.05, 3.63) is 87.7 Å². The van der Waals surface area contributed by atoms with Gasteiger partial charge in [0.1, 0.15) is 22.7 Å². The molecule has 1 unspecified atom stereocenters. The molecule has 2 aromatic heterocycles. The third kappa shape index (κ3) is 5.98. The van der Waals surface area contributed by atoms with Crippen molar-refractivity contribution in [3.63, 3.8) is 0 Å². The molecule has 4 aromatic rings. The van der Waals surface area contributed by atoms with Crippen LogP contribution >= 0.6 is 12.4 Å². The molecule has 3 heterocycles. The first-order chi connectivity index (χ1) is 19.1. The number of aromatic hydroxyl groups is 1. The Hall–Kier alpha value is -3.88. The van der Waals surface area contributed by atoms with Crippen LogP contribution in [0.15, 0.2) is 65.5 Å². The molecule has 6 rings (SSSR count). The van der Waals surface area contributed by atoms with E-state index in [0.29, 0.717) is 41.7 Å². The molecule has 2 aliphatic rings. The average molecular weight is 561 g/mol. The topological polar surface area (TPSA) is 116 Å². The number of amides is 1. The van der Waals surface area contributed by atoms with Crippen molar-refractivity contribution in [3.8, 4) is 22.8 Å². The zero-order valence-electron chi connectivity index (χ0n) is 22.1. The van der Waals surface area contributed by atoms with E-state index in [1.807, 2.05) is 42.5 Å². The van der Waals surface area contributed by atoms with Gasteiger partial charge in [-0.2, -0.15) is 0 Å². The van der Waals surface area contributed by atoms with Crippen molar-refractivity contribution < 1.29 is 14.6 Å². The summed E-state index contributed by atoms with van der Waals surface area (Å²) in [7, 11) is 0. The second-order valence-corrected chi connectivity index (χ2v) is 10.5. The molecule has 0 bridgehead atoms. The molecule has 2 aromatic carbocycles. The number of fused-ring (bicyclic) bond motifs is 1. The average Bonchev–Trinajstić information content (AvgIpc) is 3.79. The number of benzene rings is 2. The molecule has 1 saturated carbocycles. The number of piperidine rings is 1. The maximum atomic E-state index is 13.1. The molecule has 1 atom stereocenters. The van der Waals surface area contributed by atoms with Crippen LogP contribution in [0.3, 0.4) is 0 Å². The van der Waals surface area contributed by atoms with E-state index in [9.17, 15) is 14.7 Å². The van der Waals surface area contributed by atoms with Gasteiger partial charge in [-0.3, -0.25) is 9.59 Å². The molecule has 1 aliphatic carbocycles. The van der Waals surface area contributed by atoms with E-state index in [0.717, 1.165) is 55.3 Å². The van der Waals surface area contributed by atoms with Crippen LogP contribution in [0.25, 0.3) is 22.3 Å². The molecule has 208 valence electrons. The van der Waals surface area contributed by atoms with Crippen molar-refractivity contribution in [2.75, 3.05) is 19.7 Å². The van der Waals surface area contributed by atoms with Crippen LogP contribution in [0, 0.1) is 5.92 Å². The number of carbonyl (C=O) groups is 1. The monoisotopic (exact) mass is 560 g/mol. The number of aromatic amines is 1. The normalized spacial score (nSPS) is 16.8. The van der Waals surface area contributed by atoms with Crippen molar-refractivity contribution >= 4 is 29.3 Å². The largest absolute Gasteiger partial charge is 0.507 e. The summed E-state index contributed by atoms with van der Waals surface area (Å²) in [6.45, 7) is 2.65. The summed E-state index contributed by atoms with van der Waals surface area (Å²) in [5, 5.41) is 17.9. The Morgan fingerprint density at radius 2 is 1.90 bits per heavy atom. The fourth-order valence-corrected chi connectivity index (χ4v) is 5.22. The van der Waals surface area contributed by atoms with Crippen LogP contribution in [0.4, 0.5) is 0 Å². The standard InChI is InChI=1S/C31H32N4O4.ClH/c36-26-9-4-10-27(39-18-20-11-12-20)28(26)25-15-22(21-8-5-13-32-17-21)23-14-24(31(38)35-29(23)34-25)30(37)33-16-19-6-2-1-3-7-19;/h1-4,6-7,9-10,14-15,20-21,32,36H,5,8,11-13,16-18H2,(H,33,37)(H,34,35,38);1H. The van der Waals surface area contributed by atoms with Gasteiger partial charge in [0.25, 0.3) is 11.5 Å². The highest BCUT2D eigenvalue weighted by Gasteiger charge is 2.26. The number of aromatic nitrogens is 2. The summed E-state index contributed by atoms with van der Waals surface area (Å²) in [5.74, 6) is 0.922. The summed E-state index contributed by atoms with van der Waals surface area (Å²) in [6.07, 6.45) is 4.29. The van der Waals surface area contributed by atoms with Gasteiger partial charge in [0.05, 0.1) is 17.9 Å². The van der Waals surface area contributed by atoms with Crippen molar-refractivity contribution in [2.45, 2.75) is 38.1 Å². The van der Waals surface area contributed by atoms with Gasteiger partial charge in [-0.15, -0.1) is 12.4 Å². The molecule has 9 heteroatoms. The zero-order valence-corrected chi connectivity index (χ0v) is 22.9. The molecule has 4 N–H and O–H groups in total. The highest BCUT2D eigenvalue weighted by molar-refractivity contribution is 5.98. The van der Waals surface area contributed by atoms with Crippen LogP contribution in [-0.4, -0.2) is 40.7 Å². The van der Waals surface area contributed by atoms with Gasteiger partial charge < -0.3 is 25.5 Å². The van der Waals surface area contributed by atoms with E-state index >= 15 is 0 Å². The number of nitrogens with zero attached hydrogens (tertiary/aromatic N) is 1. The Balaban J connectivity index is 0.00000323. The lowest BCUT2D eigenvalue weighted by atomic mass is 9.88. The van der Waals surface area contributed by atoms with Crippen LogP contribution in [0.1, 0.15) is 53.1 Å². The number of halogens is 1. The molecular weight excluding hydrogens is 528 g/mol. The van der Waals surface area contributed by atoms with Crippen molar-refractivity contribution in [2.24, 2.45) is 5.92 Å². The maximum Gasteiger partial charge on any atom is 0.262 e. The molecule has 0 radical (unpaired) electrons. The predicted molar refractivity (Wildman–Crippen MR) is 157 cm³/mol. The second-order valence-electron chi connectivity index (χ2n) is 10.5. The summed E-state index contributed by atoms with van der Waals surface area (Å²) >= 11 is 0. The van der Waals surface area contributed by atoms with Crippen LogP contribution in [-0.2, 0) is 6.54 Å². The van der Waals surface area contributed by atoms with E-state index in [1.54, 1.807) is 18.2 Å². The lowest BCUT2D eigenvalue weighted by molar-refractivity contribution is 0.0949. The van der Waals surface area contributed by atoms with E-state index < -0.39 is 11.5 Å². The molecule has 1 aliphatic heterocycles. The number of phenolic OH excluding ortho intramolecular Hbond substituents is 1. The first-order valence-corrected chi connectivity index (χ1v) is 13.6. The van der Waals surface area contributed by atoms with Gasteiger partial charge in [0.2, 0.25) is 0 Å². The summed E-state index contributed by atoms with van der Waals surface area (Å²) < 4.78 is 6.09. The minimum absolute atomic E-state index is 0. The highest BCUT2D eigenvalue weighted by Crippen LogP contribution is 2.41. The summed E-state index contributed by atoms with van der Waals surface area (Å²) in [4.78, 5) is 33.8. The number of rotatable bonds is 8. The minimum atomic E-state index is -0.507. The SMILES string of the molecule is Cl.O=C(NCc1ccccc1)c1cc2c(C3CCCNC3)cc(-c3c(O)cccc3OCC3CC3)nc2[nH]c1=O. The first kappa shape index (κ1) is 27.7. The van der Waals surface area contributed by atoms with Gasteiger partial charge in [0.15, 0.2) is 0 Å².